The Kier molecular flexibility index (Phi) is 5.30. The van der Waals surface area contributed by atoms with Crippen molar-refractivity contribution in [3.8, 4) is 0 Å². The fraction of sp³-hybridized carbons (Fsp3) is 0.727. The van der Waals surface area contributed by atoms with Crippen molar-refractivity contribution in [2.45, 2.75) is 25.2 Å². The van der Waals surface area contributed by atoms with E-state index in [1.807, 2.05) is 13.8 Å². The van der Waals surface area contributed by atoms with Gasteiger partial charge in [0.05, 0.1) is 6.20 Å². The zero-order chi connectivity index (χ0) is 13.8. The Morgan fingerprint density at radius 2 is 2.17 bits per heavy atom. The van der Waals surface area contributed by atoms with Gasteiger partial charge in [-0.25, -0.2) is 8.42 Å². The number of aromatic nitrogens is 2. The SMILES string of the molecule is CC(C)CN(CCCN)S(=O)(=O)c1cnn(C)c1. The Labute approximate surface area is 109 Å². The van der Waals surface area contributed by atoms with Gasteiger partial charge in [-0.1, -0.05) is 13.8 Å². The summed E-state index contributed by atoms with van der Waals surface area (Å²) in [5.41, 5.74) is 5.46. The second-order valence-corrected chi connectivity index (χ2v) is 6.69. The normalized spacial score (nSPS) is 12.6. The number of rotatable bonds is 7. The fourth-order valence-electron chi connectivity index (χ4n) is 1.67. The van der Waals surface area contributed by atoms with Crippen LogP contribution in [0.5, 0.6) is 0 Å². The molecule has 0 unspecified atom stereocenters. The van der Waals surface area contributed by atoms with E-state index in [1.165, 1.54) is 21.4 Å². The van der Waals surface area contributed by atoms with E-state index in [2.05, 4.69) is 5.10 Å². The Bertz CT molecular complexity index is 467. The summed E-state index contributed by atoms with van der Waals surface area (Å²) < 4.78 is 27.8. The van der Waals surface area contributed by atoms with Crippen LogP contribution in [0.25, 0.3) is 0 Å². The molecule has 0 bridgehead atoms. The predicted molar refractivity (Wildman–Crippen MR) is 70.5 cm³/mol. The van der Waals surface area contributed by atoms with E-state index in [1.54, 1.807) is 7.05 Å². The third-order valence-electron chi connectivity index (χ3n) is 2.50. The fourth-order valence-corrected chi connectivity index (χ4v) is 3.29. The van der Waals surface area contributed by atoms with Crippen LogP contribution in [0.4, 0.5) is 0 Å². The lowest BCUT2D eigenvalue weighted by Crippen LogP contribution is -2.35. The molecule has 0 radical (unpaired) electrons. The van der Waals surface area contributed by atoms with Crippen molar-refractivity contribution < 1.29 is 8.42 Å². The summed E-state index contributed by atoms with van der Waals surface area (Å²) in [6.45, 7) is 5.42. The molecule has 0 fully saturated rings. The first kappa shape index (κ1) is 15.1. The first-order valence-electron chi connectivity index (χ1n) is 6.06. The second-order valence-electron chi connectivity index (χ2n) is 4.75. The van der Waals surface area contributed by atoms with Gasteiger partial charge in [0.25, 0.3) is 0 Å². The molecule has 0 saturated carbocycles. The van der Waals surface area contributed by atoms with Crippen molar-refractivity contribution in [2.75, 3.05) is 19.6 Å². The van der Waals surface area contributed by atoms with Crippen LogP contribution in [-0.2, 0) is 17.1 Å². The standard InChI is InChI=1S/C11H22N4O2S/c1-10(2)8-15(6-4-5-12)18(16,17)11-7-13-14(3)9-11/h7,9-10H,4-6,8,12H2,1-3H3. The molecule has 0 aliphatic heterocycles. The van der Waals surface area contributed by atoms with Gasteiger partial charge in [-0.3, -0.25) is 4.68 Å². The van der Waals surface area contributed by atoms with Crippen molar-refractivity contribution in [1.29, 1.82) is 0 Å². The minimum atomic E-state index is -3.45. The van der Waals surface area contributed by atoms with Gasteiger partial charge in [-0.05, 0) is 18.9 Å². The maximum Gasteiger partial charge on any atom is 0.246 e. The monoisotopic (exact) mass is 274 g/mol. The predicted octanol–water partition coefficient (Wildman–Crippen LogP) is 0.416. The topological polar surface area (TPSA) is 81.2 Å². The van der Waals surface area contributed by atoms with Gasteiger partial charge in [-0.2, -0.15) is 9.40 Å². The van der Waals surface area contributed by atoms with Gasteiger partial charge in [0.15, 0.2) is 0 Å². The molecule has 0 atom stereocenters. The van der Waals surface area contributed by atoms with Crippen molar-refractivity contribution in [1.82, 2.24) is 14.1 Å². The van der Waals surface area contributed by atoms with Crippen LogP contribution in [0.1, 0.15) is 20.3 Å². The lowest BCUT2D eigenvalue weighted by atomic mass is 10.2. The average Bonchev–Trinajstić information content (AvgIpc) is 2.71. The van der Waals surface area contributed by atoms with Crippen LogP contribution in [0.2, 0.25) is 0 Å². The van der Waals surface area contributed by atoms with Gasteiger partial charge < -0.3 is 5.73 Å². The van der Waals surface area contributed by atoms with Crippen LogP contribution in [-0.4, -0.2) is 42.1 Å². The molecule has 0 aliphatic carbocycles. The molecule has 7 heteroatoms. The summed E-state index contributed by atoms with van der Waals surface area (Å²) in [7, 11) is -1.75. The summed E-state index contributed by atoms with van der Waals surface area (Å²) in [4.78, 5) is 0.239. The Morgan fingerprint density at radius 1 is 1.50 bits per heavy atom. The molecule has 1 heterocycles. The second kappa shape index (κ2) is 6.31. The van der Waals surface area contributed by atoms with Crippen molar-refractivity contribution in [3.05, 3.63) is 12.4 Å². The third-order valence-corrected chi connectivity index (χ3v) is 4.32. The Morgan fingerprint density at radius 3 is 2.61 bits per heavy atom. The first-order valence-corrected chi connectivity index (χ1v) is 7.50. The molecule has 104 valence electrons. The van der Waals surface area contributed by atoms with E-state index in [9.17, 15) is 8.42 Å². The molecular weight excluding hydrogens is 252 g/mol. The highest BCUT2D eigenvalue weighted by Crippen LogP contribution is 2.16. The summed E-state index contributed by atoms with van der Waals surface area (Å²) in [5, 5.41) is 3.91. The minimum absolute atomic E-state index is 0.239. The van der Waals surface area contributed by atoms with Crippen molar-refractivity contribution in [2.24, 2.45) is 18.7 Å². The maximum atomic E-state index is 12.4. The number of hydrogen-bond donors (Lipinski definition) is 1. The van der Waals surface area contributed by atoms with Gasteiger partial charge >= 0.3 is 0 Å². The van der Waals surface area contributed by atoms with Crippen LogP contribution < -0.4 is 5.73 Å². The molecule has 18 heavy (non-hydrogen) atoms. The molecule has 0 aromatic carbocycles. The van der Waals surface area contributed by atoms with E-state index in [0.29, 0.717) is 26.1 Å². The number of nitrogens with two attached hydrogens (primary N) is 1. The molecular formula is C11H22N4O2S. The van der Waals surface area contributed by atoms with Crippen LogP contribution in [0.3, 0.4) is 0 Å². The smallest absolute Gasteiger partial charge is 0.246 e. The number of sulfonamides is 1. The van der Waals surface area contributed by atoms with Gasteiger partial charge in [-0.15, -0.1) is 0 Å². The molecule has 6 nitrogen and oxygen atoms in total. The van der Waals surface area contributed by atoms with E-state index in [-0.39, 0.29) is 10.8 Å². The number of aryl methyl sites for hydroxylation is 1. The summed E-state index contributed by atoms with van der Waals surface area (Å²) >= 11 is 0. The van der Waals surface area contributed by atoms with E-state index in [0.717, 1.165) is 0 Å². The highest BCUT2D eigenvalue weighted by Gasteiger charge is 2.25. The van der Waals surface area contributed by atoms with Crippen LogP contribution >= 0.6 is 0 Å². The molecule has 1 aromatic rings. The zero-order valence-corrected chi connectivity index (χ0v) is 12.0. The summed E-state index contributed by atoms with van der Waals surface area (Å²) in [6.07, 6.45) is 3.56. The molecule has 2 N–H and O–H groups in total. The molecule has 1 aromatic heterocycles. The van der Waals surface area contributed by atoms with E-state index >= 15 is 0 Å². The van der Waals surface area contributed by atoms with Crippen molar-refractivity contribution >= 4 is 10.0 Å². The molecule has 0 aliphatic rings. The largest absolute Gasteiger partial charge is 0.330 e. The van der Waals surface area contributed by atoms with E-state index in [4.69, 9.17) is 5.73 Å². The zero-order valence-electron chi connectivity index (χ0n) is 11.2. The quantitative estimate of drug-likeness (QED) is 0.781. The third kappa shape index (κ3) is 3.79. The minimum Gasteiger partial charge on any atom is -0.330 e. The number of nitrogens with zero attached hydrogens (tertiary/aromatic N) is 3. The molecule has 0 amide bonds. The molecule has 0 spiro atoms. The van der Waals surface area contributed by atoms with Crippen LogP contribution in [0, 0.1) is 5.92 Å². The maximum absolute atomic E-state index is 12.4. The van der Waals surface area contributed by atoms with Crippen LogP contribution in [0.15, 0.2) is 17.3 Å². The highest BCUT2D eigenvalue weighted by molar-refractivity contribution is 7.89. The lowest BCUT2D eigenvalue weighted by molar-refractivity contribution is 0.364. The van der Waals surface area contributed by atoms with E-state index < -0.39 is 10.0 Å². The van der Waals surface area contributed by atoms with Gasteiger partial charge in [0, 0.05) is 26.3 Å². The van der Waals surface area contributed by atoms with Gasteiger partial charge in [0.1, 0.15) is 4.90 Å². The summed E-state index contributed by atoms with van der Waals surface area (Å²) in [5.74, 6) is 0.272. The highest BCUT2D eigenvalue weighted by atomic mass is 32.2. The van der Waals surface area contributed by atoms with Crippen molar-refractivity contribution in [3.63, 3.8) is 0 Å². The Hall–Kier alpha value is -0.920. The molecule has 1 rings (SSSR count). The molecule has 0 saturated heterocycles. The Balaban J connectivity index is 2.95. The lowest BCUT2D eigenvalue weighted by Gasteiger charge is -2.22. The first-order chi connectivity index (χ1) is 8.37. The van der Waals surface area contributed by atoms with Gasteiger partial charge in [0.2, 0.25) is 10.0 Å². The average molecular weight is 274 g/mol. The summed E-state index contributed by atoms with van der Waals surface area (Å²) in [6, 6.07) is 0. The number of hydrogen-bond acceptors (Lipinski definition) is 4.